The number of anilines is 1. The number of para-hydroxylation sites is 1. The van der Waals surface area contributed by atoms with Crippen molar-refractivity contribution >= 4 is 28.6 Å². The van der Waals surface area contributed by atoms with Crippen LogP contribution in [0.4, 0.5) is 5.69 Å². The van der Waals surface area contributed by atoms with Crippen LogP contribution in [0.3, 0.4) is 0 Å². The van der Waals surface area contributed by atoms with Gasteiger partial charge >= 0.3 is 0 Å². The Morgan fingerprint density at radius 1 is 1.26 bits per heavy atom. The Hall–Kier alpha value is -3.56. The van der Waals surface area contributed by atoms with Gasteiger partial charge in [-0.15, -0.1) is 0 Å². The number of nitrogens with one attached hydrogen (secondary N) is 2. The number of hydrogen-bond acceptors (Lipinski definition) is 4. The lowest BCUT2D eigenvalue weighted by Crippen LogP contribution is -2.36. The number of hydrogen-bond donors (Lipinski definition) is 2. The van der Waals surface area contributed by atoms with Gasteiger partial charge in [-0.05, 0) is 54.3 Å². The molecular formula is C25H26N4O2. The first-order valence-corrected chi connectivity index (χ1v) is 10.5. The number of aromatic amines is 1. The van der Waals surface area contributed by atoms with Gasteiger partial charge in [0.15, 0.2) is 0 Å². The summed E-state index contributed by atoms with van der Waals surface area (Å²) in [4.78, 5) is 18.1. The summed E-state index contributed by atoms with van der Waals surface area (Å²) in [5.41, 5.74) is 5.38. The van der Waals surface area contributed by atoms with E-state index in [2.05, 4.69) is 27.3 Å². The average Bonchev–Trinajstić information content (AvgIpc) is 3.22. The van der Waals surface area contributed by atoms with Crippen LogP contribution in [0.15, 0.2) is 54.2 Å². The summed E-state index contributed by atoms with van der Waals surface area (Å²) in [6.45, 7) is 5.68. The first-order valence-electron chi connectivity index (χ1n) is 10.5. The quantitative estimate of drug-likeness (QED) is 0.477. The largest absolute Gasteiger partial charge is 0.378 e. The maximum absolute atomic E-state index is 12.6. The number of aromatic nitrogens is 1. The first kappa shape index (κ1) is 20.7. The molecule has 2 N–H and O–H groups in total. The zero-order valence-electron chi connectivity index (χ0n) is 17.6. The van der Waals surface area contributed by atoms with E-state index in [0.717, 1.165) is 59.6 Å². The zero-order valence-corrected chi connectivity index (χ0v) is 17.6. The number of carbonyl (C=O) groups excluding carboxylic acids is 1. The molecule has 1 fully saturated rings. The number of H-pyrrole nitrogens is 1. The molecule has 6 nitrogen and oxygen atoms in total. The number of carbonyl (C=O) groups is 1. The van der Waals surface area contributed by atoms with Gasteiger partial charge in [0.25, 0.3) is 5.91 Å². The maximum Gasteiger partial charge on any atom is 0.261 e. The molecule has 1 saturated heterocycles. The van der Waals surface area contributed by atoms with Crippen molar-refractivity contribution in [2.24, 2.45) is 0 Å². The van der Waals surface area contributed by atoms with E-state index in [1.165, 1.54) is 0 Å². The van der Waals surface area contributed by atoms with E-state index in [4.69, 9.17) is 4.74 Å². The van der Waals surface area contributed by atoms with Crippen molar-refractivity contribution in [2.75, 3.05) is 37.7 Å². The highest BCUT2D eigenvalue weighted by Gasteiger charge is 2.13. The van der Waals surface area contributed by atoms with Crippen molar-refractivity contribution < 1.29 is 9.53 Å². The van der Waals surface area contributed by atoms with Gasteiger partial charge in [0.05, 0.1) is 13.2 Å². The molecule has 31 heavy (non-hydrogen) atoms. The Bertz CT molecular complexity index is 1150. The number of aryl methyl sites for hydroxylation is 1. The molecule has 0 bridgehead atoms. The summed E-state index contributed by atoms with van der Waals surface area (Å²) in [5.74, 6) is -0.348. The molecule has 0 atom stereocenters. The van der Waals surface area contributed by atoms with Crippen molar-refractivity contribution in [1.29, 1.82) is 5.26 Å². The molecule has 1 aromatic heterocycles. The third-order valence-electron chi connectivity index (χ3n) is 5.65. The van der Waals surface area contributed by atoms with E-state index in [1.54, 1.807) is 6.08 Å². The molecule has 1 amide bonds. The normalized spacial score (nSPS) is 14.5. The molecule has 0 unspecified atom stereocenters. The topological polar surface area (TPSA) is 81.2 Å². The number of morpholine rings is 1. The van der Waals surface area contributed by atoms with Gasteiger partial charge in [0, 0.05) is 42.4 Å². The monoisotopic (exact) mass is 414 g/mol. The van der Waals surface area contributed by atoms with Crippen LogP contribution in [0.25, 0.3) is 17.0 Å². The van der Waals surface area contributed by atoms with Gasteiger partial charge in [-0.25, -0.2) is 0 Å². The average molecular weight is 415 g/mol. The lowest BCUT2D eigenvalue weighted by Gasteiger charge is -2.29. The van der Waals surface area contributed by atoms with E-state index in [0.29, 0.717) is 13.0 Å². The van der Waals surface area contributed by atoms with Crippen LogP contribution in [-0.2, 0) is 16.0 Å². The maximum atomic E-state index is 12.6. The van der Waals surface area contributed by atoms with E-state index < -0.39 is 0 Å². The molecule has 0 radical (unpaired) electrons. The zero-order chi connectivity index (χ0) is 21.6. The van der Waals surface area contributed by atoms with Crippen molar-refractivity contribution in [2.45, 2.75) is 13.3 Å². The highest BCUT2D eigenvalue weighted by atomic mass is 16.5. The van der Waals surface area contributed by atoms with Gasteiger partial charge in [-0.1, -0.05) is 24.3 Å². The summed E-state index contributed by atoms with van der Waals surface area (Å²) in [6.07, 6.45) is 4.33. The Morgan fingerprint density at radius 2 is 2.06 bits per heavy atom. The molecule has 2 heterocycles. The van der Waals surface area contributed by atoms with Crippen molar-refractivity contribution in [1.82, 2.24) is 10.3 Å². The van der Waals surface area contributed by atoms with Gasteiger partial charge < -0.3 is 19.9 Å². The second kappa shape index (κ2) is 9.50. The number of fused-ring (bicyclic) bond motifs is 1. The summed E-state index contributed by atoms with van der Waals surface area (Å²) in [6, 6.07) is 16.2. The van der Waals surface area contributed by atoms with E-state index in [1.807, 2.05) is 49.5 Å². The van der Waals surface area contributed by atoms with Crippen molar-refractivity contribution in [3.63, 3.8) is 0 Å². The molecule has 0 saturated carbocycles. The highest BCUT2D eigenvalue weighted by Crippen LogP contribution is 2.22. The standard InChI is InChI=1S/C25H26N4O2/c1-18-14-22(29-10-12-31-13-11-29)7-6-19(18)15-21(16-26)25(30)27-9-8-20-17-28-24-5-3-2-4-23(20)24/h2-7,14-15,17,28H,8-13H2,1H3,(H,27,30). The molecular weight excluding hydrogens is 388 g/mol. The summed E-state index contributed by atoms with van der Waals surface area (Å²) >= 11 is 0. The van der Waals surface area contributed by atoms with Crippen LogP contribution in [0.5, 0.6) is 0 Å². The first-order chi connectivity index (χ1) is 15.2. The van der Waals surface area contributed by atoms with Crippen LogP contribution in [-0.4, -0.2) is 43.7 Å². The molecule has 1 aliphatic heterocycles. The smallest absolute Gasteiger partial charge is 0.261 e. The van der Waals surface area contributed by atoms with Crippen LogP contribution in [0, 0.1) is 18.3 Å². The van der Waals surface area contributed by atoms with E-state index >= 15 is 0 Å². The SMILES string of the molecule is Cc1cc(N2CCOCC2)ccc1C=C(C#N)C(=O)NCCc1c[nH]c2ccccc12. The Balaban J connectivity index is 1.40. The number of benzene rings is 2. The highest BCUT2D eigenvalue weighted by molar-refractivity contribution is 6.01. The Labute approximate surface area is 182 Å². The predicted molar refractivity (Wildman–Crippen MR) is 123 cm³/mol. The predicted octanol–water partition coefficient (Wildman–Crippen LogP) is 3.58. The minimum Gasteiger partial charge on any atom is -0.378 e. The van der Waals surface area contributed by atoms with Gasteiger partial charge in [-0.3, -0.25) is 4.79 Å². The lowest BCUT2D eigenvalue weighted by atomic mass is 10.0. The van der Waals surface area contributed by atoms with Gasteiger partial charge in [-0.2, -0.15) is 5.26 Å². The van der Waals surface area contributed by atoms with Gasteiger partial charge in [0.1, 0.15) is 11.6 Å². The number of rotatable bonds is 6. The summed E-state index contributed by atoms with van der Waals surface area (Å²) in [7, 11) is 0. The second-order valence-corrected chi connectivity index (χ2v) is 7.68. The third-order valence-corrected chi connectivity index (χ3v) is 5.65. The fourth-order valence-electron chi connectivity index (χ4n) is 3.89. The number of ether oxygens (including phenoxy) is 1. The minimum atomic E-state index is -0.348. The minimum absolute atomic E-state index is 0.112. The van der Waals surface area contributed by atoms with Crippen molar-refractivity contribution in [3.05, 3.63) is 70.9 Å². The summed E-state index contributed by atoms with van der Waals surface area (Å²) in [5, 5.41) is 13.6. The van der Waals surface area contributed by atoms with Crippen molar-refractivity contribution in [3.8, 4) is 6.07 Å². The summed E-state index contributed by atoms with van der Waals surface area (Å²) < 4.78 is 5.41. The molecule has 6 heteroatoms. The number of nitrogens with zero attached hydrogens (tertiary/aromatic N) is 2. The second-order valence-electron chi connectivity index (χ2n) is 7.68. The van der Waals surface area contributed by atoms with Crippen LogP contribution in [0.1, 0.15) is 16.7 Å². The third kappa shape index (κ3) is 4.79. The number of amides is 1. The van der Waals surface area contributed by atoms with Crippen LogP contribution in [0.2, 0.25) is 0 Å². The lowest BCUT2D eigenvalue weighted by molar-refractivity contribution is -0.117. The van der Waals surface area contributed by atoms with Crippen LogP contribution < -0.4 is 10.2 Å². The van der Waals surface area contributed by atoms with Crippen LogP contribution >= 0.6 is 0 Å². The molecule has 0 spiro atoms. The molecule has 2 aromatic carbocycles. The molecule has 3 aromatic rings. The van der Waals surface area contributed by atoms with E-state index in [9.17, 15) is 10.1 Å². The van der Waals surface area contributed by atoms with E-state index in [-0.39, 0.29) is 11.5 Å². The molecule has 0 aliphatic carbocycles. The molecule has 1 aliphatic rings. The fourth-order valence-corrected chi connectivity index (χ4v) is 3.89. The molecule has 4 rings (SSSR count). The Morgan fingerprint density at radius 3 is 2.84 bits per heavy atom. The Kier molecular flexibility index (Phi) is 6.34. The molecule has 158 valence electrons. The number of nitriles is 1. The van der Waals surface area contributed by atoms with Gasteiger partial charge in [0.2, 0.25) is 0 Å². The fraction of sp³-hybridized carbons (Fsp3) is 0.280.